The Morgan fingerprint density at radius 1 is 1.38 bits per heavy atom. The van der Waals surface area contributed by atoms with Crippen LogP contribution in [0.25, 0.3) is 0 Å². The molecule has 0 aromatic carbocycles. The summed E-state index contributed by atoms with van der Waals surface area (Å²) in [5.41, 5.74) is 0. The first-order valence-electron chi connectivity index (χ1n) is 6.44. The molecule has 2 fully saturated rings. The zero-order valence-corrected chi connectivity index (χ0v) is 10.6. The minimum Gasteiger partial charge on any atom is -0.357 e. The predicted molar refractivity (Wildman–Crippen MR) is 66.8 cm³/mol. The summed E-state index contributed by atoms with van der Waals surface area (Å²) in [5.74, 6) is 2.91. The molecule has 1 heterocycles. The van der Waals surface area contributed by atoms with Gasteiger partial charge in [0.05, 0.1) is 0 Å². The van der Waals surface area contributed by atoms with Gasteiger partial charge in [-0.05, 0) is 37.5 Å². The van der Waals surface area contributed by atoms with E-state index in [2.05, 4.69) is 21.6 Å². The first-order chi connectivity index (χ1) is 7.85. The summed E-state index contributed by atoms with van der Waals surface area (Å²) >= 11 is 1.53. The first-order valence-corrected chi connectivity index (χ1v) is 7.21. The quantitative estimate of drug-likeness (QED) is 0.874. The molecule has 16 heavy (non-hydrogen) atoms. The molecule has 3 atom stereocenters. The Morgan fingerprint density at radius 3 is 3.00 bits per heavy atom. The van der Waals surface area contributed by atoms with Gasteiger partial charge in [0.1, 0.15) is 5.82 Å². The van der Waals surface area contributed by atoms with Crippen molar-refractivity contribution in [1.29, 1.82) is 0 Å². The summed E-state index contributed by atoms with van der Waals surface area (Å²) in [6, 6.07) is 0.682. The van der Waals surface area contributed by atoms with Gasteiger partial charge >= 0.3 is 0 Å². The van der Waals surface area contributed by atoms with Crippen LogP contribution >= 0.6 is 11.5 Å². The predicted octanol–water partition coefficient (Wildman–Crippen LogP) is 3.09. The second kappa shape index (κ2) is 4.32. The zero-order chi connectivity index (χ0) is 11.0. The van der Waals surface area contributed by atoms with E-state index in [1.54, 1.807) is 0 Å². The van der Waals surface area contributed by atoms with E-state index in [1.165, 1.54) is 37.2 Å². The topological polar surface area (TPSA) is 37.8 Å². The average molecular weight is 237 g/mol. The van der Waals surface area contributed by atoms with E-state index < -0.39 is 0 Å². The Labute approximate surface area is 101 Å². The van der Waals surface area contributed by atoms with E-state index in [4.69, 9.17) is 0 Å². The molecule has 0 saturated heterocycles. The third-order valence-electron chi connectivity index (χ3n) is 3.99. The van der Waals surface area contributed by atoms with Gasteiger partial charge in [0, 0.05) is 24.0 Å². The Balaban J connectivity index is 1.61. The number of fused-ring (bicyclic) bond motifs is 2. The molecular formula is C12H19N3S. The van der Waals surface area contributed by atoms with E-state index in [9.17, 15) is 0 Å². The summed E-state index contributed by atoms with van der Waals surface area (Å²) in [4.78, 5) is 4.54. The van der Waals surface area contributed by atoms with Gasteiger partial charge in [-0.15, -0.1) is 0 Å². The second-order valence-electron chi connectivity index (χ2n) is 5.19. The van der Waals surface area contributed by atoms with Gasteiger partial charge in [-0.1, -0.05) is 13.3 Å². The minimum atomic E-state index is 0.682. The normalized spacial score (nSPS) is 32.2. The van der Waals surface area contributed by atoms with Crippen LogP contribution < -0.4 is 5.32 Å². The van der Waals surface area contributed by atoms with E-state index >= 15 is 0 Å². The number of aromatic nitrogens is 2. The van der Waals surface area contributed by atoms with Crippen LogP contribution in [-0.4, -0.2) is 15.4 Å². The first kappa shape index (κ1) is 10.5. The Bertz CT molecular complexity index is 363. The van der Waals surface area contributed by atoms with Crippen molar-refractivity contribution < 1.29 is 0 Å². The van der Waals surface area contributed by atoms with Crippen molar-refractivity contribution >= 4 is 16.7 Å². The number of anilines is 1. The summed E-state index contributed by atoms with van der Waals surface area (Å²) in [6.45, 7) is 2.17. The molecule has 2 saturated carbocycles. The molecule has 3 unspecified atom stereocenters. The average Bonchev–Trinajstić information content (AvgIpc) is 2.95. The van der Waals surface area contributed by atoms with Gasteiger partial charge in [0.2, 0.25) is 5.13 Å². The molecule has 1 aromatic heterocycles. The lowest BCUT2D eigenvalue weighted by molar-refractivity contribution is 0.439. The lowest BCUT2D eigenvalue weighted by Crippen LogP contribution is -2.25. The lowest BCUT2D eigenvalue weighted by Gasteiger charge is -2.21. The van der Waals surface area contributed by atoms with Crippen LogP contribution in [0.4, 0.5) is 5.13 Å². The number of nitrogens with zero attached hydrogens (tertiary/aromatic N) is 2. The molecule has 3 nitrogen and oxygen atoms in total. The monoisotopic (exact) mass is 237 g/mol. The number of hydrogen-bond donors (Lipinski definition) is 1. The molecule has 0 spiro atoms. The fourth-order valence-electron chi connectivity index (χ4n) is 3.22. The molecule has 1 N–H and O–H groups in total. The number of aryl methyl sites for hydroxylation is 1. The number of hydrogen-bond acceptors (Lipinski definition) is 4. The highest BCUT2D eigenvalue weighted by atomic mass is 32.1. The van der Waals surface area contributed by atoms with Crippen molar-refractivity contribution in [3.8, 4) is 0 Å². The third-order valence-corrected chi connectivity index (χ3v) is 4.67. The third kappa shape index (κ3) is 1.95. The fourth-order valence-corrected chi connectivity index (χ4v) is 3.89. The summed E-state index contributed by atoms with van der Waals surface area (Å²) in [6.07, 6.45) is 7.81. The number of nitrogens with one attached hydrogen (secondary N) is 1. The Kier molecular flexibility index (Phi) is 2.84. The van der Waals surface area contributed by atoms with Crippen molar-refractivity contribution in [2.75, 3.05) is 5.32 Å². The maximum Gasteiger partial charge on any atom is 0.202 e. The fraction of sp³-hybridized carbons (Fsp3) is 0.833. The van der Waals surface area contributed by atoms with Gasteiger partial charge in [-0.25, -0.2) is 4.98 Å². The number of rotatable bonds is 4. The highest BCUT2D eigenvalue weighted by Crippen LogP contribution is 2.45. The molecule has 2 aliphatic carbocycles. The Morgan fingerprint density at radius 2 is 2.31 bits per heavy atom. The highest BCUT2D eigenvalue weighted by molar-refractivity contribution is 7.09. The molecule has 4 heteroatoms. The Hall–Kier alpha value is -0.640. The van der Waals surface area contributed by atoms with E-state index in [0.29, 0.717) is 6.04 Å². The maximum absolute atomic E-state index is 4.54. The van der Waals surface area contributed by atoms with Gasteiger partial charge in [0.15, 0.2) is 0 Å². The SMILES string of the molecule is CCCc1nsc(NC2CC3CCC2C3)n1. The minimum absolute atomic E-state index is 0.682. The van der Waals surface area contributed by atoms with Gasteiger partial charge in [-0.2, -0.15) is 4.37 Å². The smallest absolute Gasteiger partial charge is 0.202 e. The molecule has 88 valence electrons. The summed E-state index contributed by atoms with van der Waals surface area (Å²) < 4.78 is 4.38. The largest absolute Gasteiger partial charge is 0.357 e. The molecule has 0 radical (unpaired) electrons. The van der Waals surface area contributed by atoms with Crippen LogP contribution in [0.5, 0.6) is 0 Å². The second-order valence-corrected chi connectivity index (χ2v) is 5.94. The van der Waals surface area contributed by atoms with Crippen molar-refractivity contribution in [2.45, 2.75) is 51.5 Å². The van der Waals surface area contributed by atoms with E-state index in [-0.39, 0.29) is 0 Å². The molecule has 2 bridgehead atoms. The molecule has 0 amide bonds. The van der Waals surface area contributed by atoms with Crippen LogP contribution in [0.15, 0.2) is 0 Å². The summed E-state index contributed by atoms with van der Waals surface area (Å²) in [7, 11) is 0. The van der Waals surface area contributed by atoms with Crippen LogP contribution in [0, 0.1) is 11.8 Å². The standard InChI is InChI=1S/C12H19N3S/c1-2-3-11-14-12(16-15-11)13-10-7-8-4-5-9(10)6-8/h8-10H,2-7H2,1H3,(H,13,14,15). The van der Waals surface area contributed by atoms with Crippen LogP contribution in [0.1, 0.15) is 44.9 Å². The van der Waals surface area contributed by atoms with Crippen molar-refractivity contribution in [3.63, 3.8) is 0 Å². The van der Waals surface area contributed by atoms with E-state index in [0.717, 1.165) is 35.6 Å². The van der Waals surface area contributed by atoms with Crippen LogP contribution in [0.2, 0.25) is 0 Å². The molecule has 3 rings (SSSR count). The van der Waals surface area contributed by atoms with Crippen LogP contribution in [-0.2, 0) is 6.42 Å². The van der Waals surface area contributed by atoms with Crippen LogP contribution in [0.3, 0.4) is 0 Å². The van der Waals surface area contributed by atoms with Gasteiger partial charge in [-0.3, -0.25) is 0 Å². The molecule has 1 aromatic rings. The molecule has 0 aliphatic heterocycles. The van der Waals surface area contributed by atoms with Crippen molar-refractivity contribution in [1.82, 2.24) is 9.36 Å². The van der Waals surface area contributed by atoms with Crippen molar-refractivity contribution in [3.05, 3.63) is 5.82 Å². The zero-order valence-electron chi connectivity index (χ0n) is 9.78. The lowest BCUT2D eigenvalue weighted by atomic mass is 9.96. The maximum atomic E-state index is 4.54. The highest BCUT2D eigenvalue weighted by Gasteiger charge is 2.39. The molecule has 2 aliphatic rings. The summed E-state index contributed by atoms with van der Waals surface area (Å²) in [5, 5.41) is 4.64. The van der Waals surface area contributed by atoms with Gasteiger partial charge < -0.3 is 5.32 Å². The van der Waals surface area contributed by atoms with E-state index in [1.807, 2.05) is 0 Å². The van der Waals surface area contributed by atoms with Crippen molar-refractivity contribution in [2.24, 2.45) is 11.8 Å². The van der Waals surface area contributed by atoms with Gasteiger partial charge in [0.25, 0.3) is 0 Å². The molecular weight excluding hydrogens is 218 g/mol.